The van der Waals surface area contributed by atoms with E-state index in [1.165, 1.54) is 0 Å². The molecule has 8 heterocycles. The number of nitrogens with one attached hydrogen (secondary N) is 2. The van der Waals surface area contributed by atoms with E-state index in [1.54, 1.807) is 9.80 Å². The monoisotopic (exact) mass is 968 g/mol. The lowest BCUT2D eigenvalue weighted by atomic mass is 10.2. The second-order valence-electron chi connectivity index (χ2n) is 19.3. The maximum Gasteiger partial charge on any atom is 0.410 e. The average Bonchev–Trinajstić information content (AvgIpc) is 4.19. The van der Waals surface area contributed by atoms with E-state index in [2.05, 4.69) is 25.3 Å². The van der Waals surface area contributed by atoms with Gasteiger partial charge < -0.3 is 49.9 Å². The number of carbonyl (C=O) groups is 6. The standard InChI is InChI=1S/C15H27N3O3.2C10H19N3O.C6H10ClNO.C6H11NO2/c1-15(2,3)21-14(20)18-11-8-16(9-12-18)7-10-17-6-4-5-13(17)19;2*14-10-2-1-5-13(10)9-8-12-6-3-11-4-7-12;7-3-5-8-4-1-2-6(8)9;8-5-4-7-3-1-2-6(7)9/h4-12H2,1-3H3;2*11H,1-9H2;1-5H2;8H,1-5H2. The van der Waals surface area contributed by atoms with E-state index in [1.807, 2.05) is 40.4 Å². The molecule has 8 saturated heterocycles. The molecule has 20 heteroatoms. The zero-order chi connectivity index (χ0) is 48.4. The molecule has 8 rings (SSSR count). The molecule has 0 spiro atoms. The Hall–Kier alpha value is -3.33. The van der Waals surface area contributed by atoms with Crippen molar-refractivity contribution in [2.75, 3.05) is 176 Å². The topological polar surface area (TPSA) is 185 Å². The zero-order valence-electron chi connectivity index (χ0n) is 41.4. The number of β-amino-alcohol motifs (C(OH)–C–C–N with tert-alkyl or cyclic N) is 1. The number of piperazine rings is 3. The normalized spacial score (nSPS) is 22.0. The van der Waals surface area contributed by atoms with Crippen LogP contribution in [0.3, 0.4) is 0 Å². The fraction of sp³-hybridized carbons (Fsp3) is 0.872. The second kappa shape index (κ2) is 31.0. The van der Waals surface area contributed by atoms with Crippen LogP contribution in [0.4, 0.5) is 4.79 Å². The first kappa shape index (κ1) is 56.3. The third-order valence-electron chi connectivity index (χ3n) is 13.1. The SMILES string of the molecule is CC(C)(C)OC(=O)N1CCN(CCN2CCCC2=O)CC1.O=C1CCCN1CCCl.O=C1CCCN1CCN1CCNCC1.O=C1CCCN1CCN1CCNCC1.O=C1CCCN1CCO. The number of hydrogen-bond acceptors (Lipinski definition) is 13. The van der Waals surface area contributed by atoms with Crippen LogP contribution in [0.5, 0.6) is 0 Å². The molecule has 0 bridgehead atoms. The van der Waals surface area contributed by atoms with Crippen LogP contribution in [0, 0.1) is 0 Å². The van der Waals surface area contributed by atoms with Crippen LogP contribution in [0.25, 0.3) is 0 Å². The number of rotatable bonds is 13. The molecule has 3 N–H and O–H groups in total. The van der Waals surface area contributed by atoms with Crippen molar-refractivity contribution in [3.8, 4) is 0 Å². The highest BCUT2D eigenvalue weighted by atomic mass is 35.5. The van der Waals surface area contributed by atoms with Gasteiger partial charge in [-0.1, -0.05) is 0 Å². The number of carbonyl (C=O) groups excluding carboxylic acids is 6. The number of aliphatic hydroxyl groups is 1. The van der Waals surface area contributed by atoms with Gasteiger partial charge in [0.25, 0.3) is 0 Å². The summed E-state index contributed by atoms with van der Waals surface area (Å²) in [6.07, 6.45) is 8.46. The van der Waals surface area contributed by atoms with Crippen molar-refractivity contribution in [1.82, 2.24) is 54.7 Å². The van der Waals surface area contributed by atoms with E-state index >= 15 is 0 Å². The Kier molecular flexibility index (Phi) is 26.0. The van der Waals surface area contributed by atoms with E-state index in [9.17, 15) is 28.8 Å². The molecular weight excluding hydrogens is 882 g/mol. The summed E-state index contributed by atoms with van der Waals surface area (Å²) in [5, 5.41) is 15.1. The van der Waals surface area contributed by atoms with Gasteiger partial charge in [0, 0.05) is 202 Å². The minimum absolute atomic E-state index is 0.0890. The Morgan fingerprint density at radius 3 is 1.07 bits per heavy atom. The van der Waals surface area contributed by atoms with Crippen molar-refractivity contribution in [2.45, 2.75) is 90.6 Å². The van der Waals surface area contributed by atoms with Crippen LogP contribution in [-0.4, -0.2) is 267 Å². The smallest absolute Gasteiger partial charge is 0.410 e. The Bertz CT molecular complexity index is 1430. The van der Waals surface area contributed by atoms with E-state index in [0.29, 0.717) is 50.2 Å². The summed E-state index contributed by atoms with van der Waals surface area (Å²) >= 11 is 5.45. The van der Waals surface area contributed by atoms with Crippen molar-refractivity contribution in [3.63, 3.8) is 0 Å². The highest BCUT2D eigenvalue weighted by molar-refractivity contribution is 6.18. The first-order chi connectivity index (χ1) is 32.3. The number of alkyl halides is 1. The number of likely N-dealkylation sites (tertiary alicyclic amines) is 5. The van der Waals surface area contributed by atoms with Crippen LogP contribution in [0.1, 0.15) is 85.0 Å². The van der Waals surface area contributed by atoms with Crippen LogP contribution < -0.4 is 10.6 Å². The molecule has 0 aromatic carbocycles. The zero-order valence-corrected chi connectivity index (χ0v) is 42.1. The van der Waals surface area contributed by atoms with Gasteiger partial charge >= 0.3 is 6.09 Å². The molecule has 8 fully saturated rings. The number of amides is 6. The molecule has 0 radical (unpaired) electrons. The molecule has 0 saturated carbocycles. The molecular formula is C47H86ClN11O8. The Labute approximate surface area is 406 Å². The molecule has 8 aliphatic heterocycles. The molecule has 0 aromatic heterocycles. The van der Waals surface area contributed by atoms with Crippen molar-refractivity contribution in [3.05, 3.63) is 0 Å². The lowest BCUT2D eigenvalue weighted by molar-refractivity contribution is -0.128. The lowest BCUT2D eigenvalue weighted by Crippen LogP contribution is -2.51. The Balaban J connectivity index is 0.000000190. The average molecular weight is 969 g/mol. The van der Waals surface area contributed by atoms with Gasteiger partial charge in [-0.15, -0.1) is 11.6 Å². The molecule has 67 heavy (non-hydrogen) atoms. The van der Waals surface area contributed by atoms with Gasteiger partial charge in [0.05, 0.1) is 6.61 Å². The molecule has 384 valence electrons. The Morgan fingerprint density at radius 1 is 0.478 bits per heavy atom. The van der Waals surface area contributed by atoms with Crippen molar-refractivity contribution < 1.29 is 38.6 Å². The maximum atomic E-state index is 12.0. The summed E-state index contributed by atoms with van der Waals surface area (Å²) in [7, 11) is 0. The predicted molar refractivity (Wildman–Crippen MR) is 260 cm³/mol. The molecule has 19 nitrogen and oxygen atoms in total. The molecule has 0 aliphatic carbocycles. The molecule has 0 aromatic rings. The third-order valence-corrected chi connectivity index (χ3v) is 13.3. The lowest BCUT2D eigenvalue weighted by Gasteiger charge is -2.36. The number of nitrogens with zero attached hydrogens (tertiary/aromatic N) is 9. The van der Waals surface area contributed by atoms with E-state index in [0.717, 1.165) is 195 Å². The summed E-state index contributed by atoms with van der Waals surface area (Å²) in [5.74, 6) is 1.98. The van der Waals surface area contributed by atoms with E-state index in [4.69, 9.17) is 21.4 Å². The van der Waals surface area contributed by atoms with Gasteiger partial charge in [-0.3, -0.25) is 38.7 Å². The first-order valence-corrected chi connectivity index (χ1v) is 25.9. The van der Waals surface area contributed by atoms with Crippen LogP contribution in [0.2, 0.25) is 0 Å². The molecule has 0 unspecified atom stereocenters. The summed E-state index contributed by atoms with van der Waals surface area (Å²) in [4.78, 5) is 86.2. The van der Waals surface area contributed by atoms with Crippen molar-refractivity contribution >= 4 is 47.2 Å². The van der Waals surface area contributed by atoms with Crippen LogP contribution >= 0.6 is 11.6 Å². The van der Waals surface area contributed by atoms with Crippen LogP contribution in [0.15, 0.2) is 0 Å². The Morgan fingerprint density at radius 2 is 0.791 bits per heavy atom. The van der Waals surface area contributed by atoms with Crippen LogP contribution in [-0.2, 0) is 28.7 Å². The first-order valence-electron chi connectivity index (χ1n) is 25.4. The summed E-state index contributed by atoms with van der Waals surface area (Å²) < 4.78 is 5.38. The number of halogens is 1. The summed E-state index contributed by atoms with van der Waals surface area (Å²) in [6.45, 7) is 29.2. The highest BCUT2D eigenvalue weighted by Gasteiger charge is 2.28. The van der Waals surface area contributed by atoms with Gasteiger partial charge in [0.2, 0.25) is 29.5 Å². The second-order valence-corrected chi connectivity index (χ2v) is 19.7. The quantitative estimate of drug-likeness (QED) is 0.219. The third kappa shape index (κ3) is 21.9. The van der Waals surface area contributed by atoms with Gasteiger partial charge in [-0.25, -0.2) is 4.79 Å². The number of hydrogen-bond donors (Lipinski definition) is 3. The van der Waals surface area contributed by atoms with E-state index in [-0.39, 0.29) is 30.4 Å². The number of aliphatic hydroxyl groups excluding tert-OH is 1. The highest BCUT2D eigenvalue weighted by Crippen LogP contribution is 2.14. The molecule has 0 atom stereocenters. The van der Waals surface area contributed by atoms with Crippen molar-refractivity contribution in [2.24, 2.45) is 0 Å². The fourth-order valence-corrected chi connectivity index (χ4v) is 9.27. The van der Waals surface area contributed by atoms with Gasteiger partial charge in [0.1, 0.15) is 5.60 Å². The minimum Gasteiger partial charge on any atom is -0.444 e. The van der Waals surface area contributed by atoms with Gasteiger partial charge in [-0.05, 0) is 52.9 Å². The maximum absolute atomic E-state index is 12.0. The largest absolute Gasteiger partial charge is 0.444 e. The van der Waals surface area contributed by atoms with Crippen molar-refractivity contribution in [1.29, 1.82) is 0 Å². The number of ether oxygens (including phenoxy) is 1. The molecule has 8 aliphatic rings. The minimum atomic E-state index is -0.440. The predicted octanol–water partition coefficient (Wildman–Crippen LogP) is 0.638. The fourth-order valence-electron chi connectivity index (χ4n) is 9.06. The van der Waals surface area contributed by atoms with Gasteiger partial charge in [0.15, 0.2) is 0 Å². The molecule has 6 amide bonds. The van der Waals surface area contributed by atoms with Gasteiger partial charge in [-0.2, -0.15) is 0 Å². The summed E-state index contributed by atoms with van der Waals surface area (Å²) in [5.41, 5.74) is -0.440. The van der Waals surface area contributed by atoms with E-state index < -0.39 is 5.60 Å². The summed E-state index contributed by atoms with van der Waals surface area (Å²) in [6, 6.07) is 0.